The van der Waals surface area contributed by atoms with E-state index >= 15 is 0 Å². The average molecular weight is 478 g/mol. The van der Waals surface area contributed by atoms with E-state index in [0.29, 0.717) is 51.4 Å². The largest absolute Gasteiger partial charge is 0.496 e. The van der Waals surface area contributed by atoms with Crippen molar-refractivity contribution in [1.82, 2.24) is 0 Å². The van der Waals surface area contributed by atoms with Gasteiger partial charge in [0, 0.05) is 29.8 Å². The van der Waals surface area contributed by atoms with Gasteiger partial charge in [0.2, 0.25) is 0 Å². The van der Waals surface area contributed by atoms with Crippen LogP contribution in [0.1, 0.15) is 21.5 Å². The highest BCUT2D eigenvalue weighted by atomic mass is 16.5. The number of carbonyl (C=O) groups is 1. The third-order valence-electron chi connectivity index (χ3n) is 5.04. The van der Waals surface area contributed by atoms with Crippen LogP contribution in [-0.2, 0) is 0 Å². The predicted molar refractivity (Wildman–Crippen MR) is 130 cm³/mol. The molecule has 0 aliphatic rings. The van der Waals surface area contributed by atoms with Gasteiger partial charge in [0.05, 0.1) is 48.2 Å². The van der Waals surface area contributed by atoms with E-state index in [1.54, 1.807) is 63.8 Å². The van der Waals surface area contributed by atoms with Gasteiger partial charge in [-0.2, -0.15) is 0 Å². The van der Waals surface area contributed by atoms with Crippen molar-refractivity contribution in [2.24, 2.45) is 0 Å². The van der Waals surface area contributed by atoms with Gasteiger partial charge in [-0.25, -0.2) is 4.79 Å². The number of ether oxygens (including phenoxy) is 7. The molecule has 0 heterocycles. The van der Waals surface area contributed by atoms with Crippen LogP contribution in [0.2, 0.25) is 0 Å². The number of rotatable bonds is 8. The second kappa shape index (κ2) is 11.6. The van der Waals surface area contributed by atoms with Crippen LogP contribution in [0.5, 0.6) is 40.2 Å². The van der Waals surface area contributed by atoms with E-state index in [1.165, 1.54) is 27.4 Å². The minimum Gasteiger partial charge on any atom is -0.496 e. The zero-order valence-corrected chi connectivity index (χ0v) is 20.4. The fourth-order valence-electron chi connectivity index (χ4n) is 3.22. The second-order valence-corrected chi connectivity index (χ2v) is 6.98. The molecule has 0 aromatic heterocycles. The van der Waals surface area contributed by atoms with Crippen molar-refractivity contribution in [1.29, 1.82) is 0 Å². The third kappa shape index (κ3) is 5.71. The van der Waals surface area contributed by atoms with Crippen molar-refractivity contribution in [2.45, 2.75) is 0 Å². The molecular weight excluding hydrogens is 452 g/mol. The van der Waals surface area contributed by atoms with Gasteiger partial charge in [-0.3, -0.25) is 0 Å². The van der Waals surface area contributed by atoms with E-state index < -0.39 is 5.97 Å². The third-order valence-corrected chi connectivity index (χ3v) is 5.04. The highest BCUT2D eigenvalue weighted by Gasteiger charge is 2.19. The van der Waals surface area contributed by atoms with Gasteiger partial charge in [-0.05, 0) is 24.3 Å². The van der Waals surface area contributed by atoms with Crippen molar-refractivity contribution in [3.8, 4) is 52.1 Å². The molecule has 0 saturated carbocycles. The molecule has 0 unspecified atom stereocenters. The molecule has 0 aliphatic carbocycles. The number of hydrogen-bond donors (Lipinski definition) is 0. The van der Waals surface area contributed by atoms with Crippen LogP contribution in [0.25, 0.3) is 0 Å². The van der Waals surface area contributed by atoms with E-state index in [-0.39, 0.29) is 5.56 Å². The summed E-state index contributed by atoms with van der Waals surface area (Å²) in [6.45, 7) is 0. The smallest absolute Gasteiger partial charge is 0.347 e. The molecule has 0 aliphatic heterocycles. The first-order valence-corrected chi connectivity index (χ1v) is 10.4. The van der Waals surface area contributed by atoms with Gasteiger partial charge >= 0.3 is 5.97 Å². The number of esters is 1. The molecule has 3 aromatic rings. The molecule has 0 saturated heterocycles. The summed E-state index contributed by atoms with van der Waals surface area (Å²) < 4.78 is 37.4. The molecule has 0 bridgehead atoms. The fraction of sp³-hybridized carbons (Fsp3) is 0.222. The Morgan fingerprint density at radius 1 is 0.571 bits per heavy atom. The van der Waals surface area contributed by atoms with Gasteiger partial charge in [0.15, 0.2) is 23.0 Å². The molecule has 0 fully saturated rings. The minimum atomic E-state index is -0.600. The summed E-state index contributed by atoms with van der Waals surface area (Å²) >= 11 is 0. The van der Waals surface area contributed by atoms with Crippen LogP contribution in [-0.4, -0.2) is 48.6 Å². The standard InChI is InChI=1S/C27H26O8/c1-29-21-15-25(33-5)23(31-3)13-18(21)10-7-17-8-11-19(12-9-17)35-27(28)20-14-24(32-4)26(34-6)16-22(20)30-2/h8-9,11-16H,1-6H3. The van der Waals surface area contributed by atoms with E-state index in [0.717, 1.165) is 0 Å². The molecule has 0 atom stereocenters. The molecule has 0 radical (unpaired) electrons. The average Bonchev–Trinajstić information content (AvgIpc) is 2.91. The summed E-state index contributed by atoms with van der Waals surface area (Å²) in [5, 5.41) is 0. The van der Waals surface area contributed by atoms with Gasteiger partial charge < -0.3 is 33.2 Å². The fourth-order valence-corrected chi connectivity index (χ4v) is 3.22. The number of benzene rings is 3. The van der Waals surface area contributed by atoms with Gasteiger partial charge in [-0.15, -0.1) is 0 Å². The van der Waals surface area contributed by atoms with E-state index in [1.807, 2.05) is 0 Å². The Balaban J connectivity index is 1.81. The van der Waals surface area contributed by atoms with Crippen LogP contribution in [0, 0.1) is 11.8 Å². The highest BCUT2D eigenvalue weighted by Crippen LogP contribution is 2.36. The van der Waals surface area contributed by atoms with Crippen molar-refractivity contribution < 1.29 is 38.0 Å². The maximum absolute atomic E-state index is 12.8. The van der Waals surface area contributed by atoms with E-state index in [2.05, 4.69) is 11.8 Å². The quantitative estimate of drug-likeness (QED) is 0.268. The maximum Gasteiger partial charge on any atom is 0.347 e. The zero-order valence-electron chi connectivity index (χ0n) is 20.4. The van der Waals surface area contributed by atoms with Crippen molar-refractivity contribution >= 4 is 5.97 Å². The number of carbonyl (C=O) groups excluding carboxylic acids is 1. The lowest BCUT2D eigenvalue weighted by molar-refractivity contribution is 0.0730. The summed E-state index contributed by atoms with van der Waals surface area (Å²) in [5.41, 5.74) is 1.56. The molecule has 0 spiro atoms. The first-order valence-electron chi connectivity index (χ1n) is 10.4. The molecular formula is C27H26O8. The zero-order chi connectivity index (χ0) is 25.4. The van der Waals surface area contributed by atoms with E-state index in [9.17, 15) is 4.79 Å². The van der Waals surface area contributed by atoms with Crippen LogP contribution < -0.4 is 33.2 Å². The first-order chi connectivity index (χ1) is 17.0. The van der Waals surface area contributed by atoms with Gasteiger partial charge in [0.1, 0.15) is 22.8 Å². The molecule has 8 heteroatoms. The van der Waals surface area contributed by atoms with Crippen molar-refractivity contribution in [3.63, 3.8) is 0 Å². The Morgan fingerprint density at radius 2 is 1.06 bits per heavy atom. The molecule has 35 heavy (non-hydrogen) atoms. The summed E-state index contributed by atoms with van der Waals surface area (Å²) in [7, 11) is 9.11. The lowest BCUT2D eigenvalue weighted by atomic mass is 10.1. The SMILES string of the molecule is COc1cc(OC)c(OC)cc1C#Cc1ccc(OC(=O)c2cc(OC)c(OC)cc2OC)cc1. The van der Waals surface area contributed by atoms with Gasteiger partial charge in [0.25, 0.3) is 0 Å². The molecule has 0 amide bonds. The van der Waals surface area contributed by atoms with Gasteiger partial charge in [-0.1, -0.05) is 11.8 Å². The Morgan fingerprint density at radius 3 is 1.60 bits per heavy atom. The molecule has 182 valence electrons. The summed E-state index contributed by atoms with van der Waals surface area (Å²) in [4.78, 5) is 12.8. The Hall–Kier alpha value is -4.51. The second-order valence-electron chi connectivity index (χ2n) is 6.98. The first kappa shape index (κ1) is 25.1. The topological polar surface area (TPSA) is 81.7 Å². The van der Waals surface area contributed by atoms with Crippen LogP contribution >= 0.6 is 0 Å². The van der Waals surface area contributed by atoms with E-state index in [4.69, 9.17) is 33.2 Å². The maximum atomic E-state index is 12.8. The Kier molecular flexibility index (Phi) is 8.30. The molecule has 3 aromatic carbocycles. The Labute approximate surface area is 204 Å². The summed E-state index contributed by atoms with van der Waals surface area (Å²) in [6, 6.07) is 13.3. The van der Waals surface area contributed by atoms with Crippen LogP contribution in [0.4, 0.5) is 0 Å². The lowest BCUT2D eigenvalue weighted by Crippen LogP contribution is -2.11. The number of hydrogen-bond acceptors (Lipinski definition) is 8. The van der Waals surface area contributed by atoms with Crippen molar-refractivity contribution in [2.75, 3.05) is 42.7 Å². The summed E-state index contributed by atoms with van der Waals surface area (Å²) in [6.07, 6.45) is 0. The molecule has 3 rings (SSSR count). The van der Waals surface area contributed by atoms with Crippen molar-refractivity contribution in [3.05, 3.63) is 65.2 Å². The van der Waals surface area contributed by atoms with Crippen LogP contribution in [0.3, 0.4) is 0 Å². The lowest BCUT2D eigenvalue weighted by Gasteiger charge is -2.13. The van der Waals surface area contributed by atoms with Crippen LogP contribution in [0.15, 0.2) is 48.5 Å². The minimum absolute atomic E-state index is 0.203. The highest BCUT2D eigenvalue weighted by molar-refractivity contribution is 5.95. The molecule has 0 N–H and O–H groups in total. The number of methoxy groups -OCH3 is 6. The Bertz CT molecular complexity index is 1250. The monoisotopic (exact) mass is 478 g/mol. The predicted octanol–water partition coefficient (Wildman–Crippen LogP) is 4.36. The normalized spacial score (nSPS) is 9.89. The summed E-state index contributed by atoms with van der Waals surface area (Å²) in [5.74, 6) is 8.67. The molecule has 8 nitrogen and oxygen atoms in total.